The summed E-state index contributed by atoms with van der Waals surface area (Å²) < 4.78 is 0. The Balaban J connectivity index is 2.39. The summed E-state index contributed by atoms with van der Waals surface area (Å²) in [6.45, 7) is 6.38. The predicted octanol–water partition coefficient (Wildman–Crippen LogP) is 4.60. The molecule has 0 amide bonds. The van der Waals surface area contributed by atoms with Gasteiger partial charge in [-0.25, -0.2) is 0 Å². The van der Waals surface area contributed by atoms with E-state index < -0.39 is 0 Å². The molecule has 0 aromatic heterocycles. The summed E-state index contributed by atoms with van der Waals surface area (Å²) in [4.78, 5) is 2.25. The molecule has 0 spiro atoms. The van der Waals surface area contributed by atoms with Crippen LogP contribution in [0.25, 0.3) is 0 Å². The maximum Gasteiger partial charge on any atom is 0.120 e. The molecule has 2 aromatic rings. The summed E-state index contributed by atoms with van der Waals surface area (Å²) in [6.07, 6.45) is 0.945. The molecule has 20 heavy (non-hydrogen) atoms. The molecule has 106 valence electrons. The lowest BCUT2D eigenvalue weighted by Crippen LogP contribution is -2.23. The van der Waals surface area contributed by atoms with E-state index in [4.69, 9.17) is 0 Å². The van der Waals surface area contributed by atoms with E-state index in [0.717, 1.165) is 12.0 Å². The second kappa shape index (κ2) is 6.00. The lowest BCUT2D eigenvalue weighted by molar-refractivity contribution is 0.458. The van der Waals surface area contributed by atoms with Gasteiger partial charge in [0, 0.05) is 18.3 Å². The van der Waals surface area contributed by atoms with Crippen molar-refractivity contribution in [1.29, 1.82) is 0 Å². The zero-order chi connectivity index (χ0) is 14.7. The van der Waals surface area contributed by atoms with Crippen molar-refractivity contribution in [3.63, 3.8) is 0 Å². The first-order chi connectivity index (χ1) is 9.52. The molecule has 0 aliphatic rings. The summed E-state index contributed by atoms with van der Waals surface area (Å²) in [5.41, 5.74) is 4.70. The van der Waals surface area contributed by atoms with Crippen LogP contribution in [0.3, 0.4) is 0 Å². The highest BCUT2D eigenvalue weighted by Crippen LogP contribution is 2.33. The molecule has 0 aliphatic heterocycles. The van der Waals surface area contributed by atoms with Crippen molar-refractivity contribution in [1.82, 2.24) is 0 Å². The van der Waals surface area contributed by atoms with Gasteiger partial charge in [-0.15, -0.1) is 0 Å². The molecular weight excluding hydrogens is 246 g/mol. The Morgan fingerprint density at radius 2 is 1.65 bits per heavy atom. The minimum absolute atomic E-state index is 0.178. The second-order valence-electron chi connectivity index (χ2n) is 5.44. The van der Waals surface area contributed by atoms with Crippen LogP contribution in [0.5, 0.6) is 5.75 Å². The van der Waals surface area contributed by atoms with Crippen LogP contribution in [0.15, 0.2) is 42.5 Å². The predicted molar refractivity (Wildman–Crippen MR) is 85.5 cm³/mol. The van der Waals surface area contributed by atoms with Gasteiger partial charge in [-0.2, -0.15) is 0 Å². The van der Waals surface area contributed by atoms with Gasteiger partial charge in [0.25, 0.3) is 0 Å². The first-order valence-electron chi connectivity index (χ1n) is 7.12. The second-order valence-corrected chi connectivity index (χ2v) is 5.44. The molecule has 1 unspecified atom stereocenters. The fourth-order valence-corrected chi connectivity index (χ4v) is 2.81. The summed E-state index contributed by atoms with van der Waals surface area (Å²) in [7, 11) is 2.09. The van der Waals surface area contributed by atoms with Crippen LogP contribution >= 0.6 is 0 Å². The van der Waals surface area contributed by atoms with Crippen molar-refractivity contribution in [3.8, 4) is 5.75 Å². The highest BCUT2D eigenvalue weighted by Gasteiger charge is 2.18. The van der Waals surface area contributed by atoms with Crippen LogP contribution in [0.4, 0.5) is 5.69 Å². The molecule has 2 nitrogen and oxygen atoms in total. The van der Waals surface area contributed by atoms with Gasteiger partial charge in [0.2, 0.25) is 0 Å². The lowest BCUT2D eigenvalue weighted by atomic mass is 10.0. The van der Waals surface area contributed by atoms with Crippen molar-refractivity contribution in [2.24, 2.45) is 0 Å². The average Bonchev–Trinajstić information content (AvgIpc) is 2.40. The molecule has 2 rings (SSSR count). The SMILES string of the molecule is CCC(c1ccccc1O)N(C)c1cc(C)cc(C)c1. The number of phenolic OH excluding ortho intramolecular Hbond substituents is 1. The largest absolute Gasteiger partial charge is 0.508 e. The van der Waals surface area contributed by atoms with E-state index in [1.807, 2.05) is 18.2 Å². The molecule has 0 radical (unpaired) electrons. The number of rotatable bonds is 4. The van der Waals surface area contributed by atoms with Crippen LogP contribution < -0.4 is 4.90 Å². The monoisotopic (exact) mass is 269 g/mol. The van der Waals surface area contributed by atoms with Crippen molar-refractivity contribution < 1.29 is 5.11 Å². The molecule has 1 atom stereocenters. The number of hydrogen-bond acceptors (Lipinski definition) is 2. The Hall–Kier alpha value is -1.96. The van der Waals surface area contributed by atoms with Gasteiger partial charge >= 0.3 is 0 Å². The molecule has 2 heteroatoms. The Bertz CT molecular complexity index is 571. The van der Waals surface area contributed by atoms with Gasteiger partial charge in [-0.1, -0.05) is 31.2 Å². The number of hydrogen-bond donors (Lipinski definition) is 1. The van der Waals surface area contributed by atoms with Crippen molar-refractivity contribution in [3.05, 3.63) is 59.2 Å². The molecule has 0 heterocycles. The summed E-state index contributed by atoms with van der Waals surface area (Å²) >= 11 is 0. The molecule has 0 saturated carbocycles. The van der Waals surface area contributed by atoms with Crippen LogP contribution in [0.1, 0.15) is 36.1 Å². The third-order valence-corrected chi connectivity index (χ3v) is 3.76. The van der Waals surface area contributed by atoms with E-state index in [1.54, 1.807) is 6.07 Å². The lowest BCUT2D eigenvalue weighted by Gasteiger charge is -2.30. The van der Waals surface area contributed by atoms with Crippen LogP contribution in [0.2, 0.25) is 0 Å². The zero-order valence-electron chi connectivity index (χ0n) is 12.7. The van der Waals surface area contributed by atoms with Crippen molar-refractivity contribution in [2.45, 2.75) is 33.2 Å². The van der Waals surface area contributed by atoms with Crippen LogP contribution in [-0.4, -0.2) is 12.2 Å². The highest BCUT2D eigenvalue weighted by molar-refractivity contribution is 5.53. The fraction of sp³-hybridized carbons (Fsp3) is 0.333. The van der Waals surface area contributed by atoms with Gasteiger partial charge < -0.3 is 10.0 Å². The van der Waals surface area contributed by atoms with E-state index in [-0.39, 0.29) is 6.04 Å². The number of anilines is 1. The Morgan fingerprint density at radius 1 is 1.05 bits per heavy atom. The molecule has 2 aromatic carbocycles. The topological polar surface area (TPSA) is 23.5 Å². The molecule has 0 aliphatic carbocycles. The van der Waals surface area contributed by atoms with E-state index in [0.29, 0.717) is 5.75 Å². The maximum atomic E-state index is 10.1. The average molecular weight is 269 g/mol. The van der Waals surface area contributed by atoms with E-state index in [2.05, 4.69) is 50.9 Å². The summed E-state index contributed by atoms with van der Waals surface area (Å²) in [5, 5.41) is 10.1. The highest BCUT2D eigenvalue weighted by atomic mass is 16.3. The zero-order valence-corrected chi connectivity index (χ0v) is 12.7. The molecule has 0 fully saturated rings. The fourth-order valence-electron chi connectivity index (χ4n) is 2.81. The first-order valence-corrected chi connectivity index (χ1v) is 7.12. The summed E-state index contributed by atoms with van der Waals surface area (Å²) in [6, 6.07) is 14.3. The Labute approximate surface area is 121 Å². The number of aromatic hydroxyl groups is 1. The molecular formula is C18H23NO. The minimum Gasteiger partial charge on any atom is -0.508 e. The molecule has 0 saturated heterocycles. The van der Waals surface area contributed by atoms with Gasteiger partial charge in [0.1, 0.15) is 5.75 Å². The number of aryl methyl sites for hydroxylation is 2. The van der Waals surface area contributed by atoms with Crippen LogP contribution in [0, 0.1) is 13.8 Å². The maximum absolute atomic E-state index is 10.1. The molecule has 0 bridgehead atoms. The number of nitrogens with zero attached hydrogens (tertiary/aromatic N) is 1. The number of benzene rings is 2. The molecule has 1 N–H and O–H groups in total. The van der Waals surface area contributed by atoms with Crippen molar-refractivity contribution >= 4 is 5.69 Å². The van der Waals surface area contributed by atoms with Gasteiger partial charge in [0.15, 0.2) is 0 Å². The third-order valence-electron chi connectivity index (χ3n) is 3.76. The smallest absolute Gasteiger partial charge is 0.120 e. The number of para-hydroxylation sites is 1. The third kappa shape index (κ3) is 2.96. The normalized spacial score (nSPS) is 12.2. The van der Waals surface area contributed by atoms with Crippen LogP contribution in [-0.2, 0) is 0 Å². The Kier molecular flexibility index (Phi) is 4.33. The van der Waals surface area contributed by atoms with Gasteiger partial charge in [-0.3, -0.25) is 0 Å². The quantitative estimate of drug-likeness (QED) is 0.877. The van der Waals surface area contributed by atoms with Gasteiger partial charge in [-0.05, 0) is 49.6 Å². The first kappa shape index (κ1) is 14.4. The van der Waals surface area contributed by atoms with Gasteiger partial charge in [0.05, 0.1) is 6.04 Å². The van der Waals surface area contributed by atoms with Crippen molar-refractivity contribution in [2.75, 3.05) is 11.9 Å². The van der Waals surface area contributed by atoms with E-state index in [9.17, 15) is 5.11 Å². The standard InChI is InChI=1S/C18H23NO/c1-5-17(16-8-6-7-9-18(16)20)19(4)15-11-13(2)10-14(3)12-15/h6-12,17,20H,5H2,1-4H3. The van der Waals surface area contributed by atoms with E-state index >= 15 is 0 Å². The number of phenols is 1. The Morgan fingerprint density at radius 3 is 2.20 bits per heavy atom. The minimum atomic E-state index is 0.178. The summed E-state index contributed by atoms with van der Waals surface area (Å²) in [5.74, 6) is 0.371. The van der Waals surface area contributed by atoms with E-state index in [1.165, 1.54) is 16.8 Å².